The average molecular weight is 267 g/mol. The molecule has 0 spiro atoms. The molecule has 20 heavy (non-hydrogen) atoms. The lowest BCUT2D eigenvalue weighted by molar-refractivity contribution is 0.101. The molecule has 2 aromatic heterocycles. The fraction of sp³-hybridized carbons (Fsp3) is 0.250. The lowest BCUT2D eigenvalue weighted by atomic mass is 10.0. The molecule has 0 bridgehead atoms. The van der Waals surface area contributed by atoms with Crippen LogP contribution in [0.3, 0.4) is 0 Å². The van der Waals surface area contributed by atoms with Crippen LogP contribution >= 0.6 is 0 Å². The van der Waals surface area contributed by atoms with Gasteiger partial charge in [-0.05, 0) is 39.3 Å². The molecule has 0 radical (unpaired) electrons. The molecule has 2 heterocycles. The second-order valence-electron chi connectivity index (χ2n) is 4.66. The largest absolute Gasteiger partial charge is 0.294 e. The van der Waals surface area contributed by atoms with Gasteiger partial charge in [0.25, 0.3) is 0 Å². The predicted molar refractivity (Wildman–Crippen MR) is 79.4 cm³/mol. The van der Waals surface area contributed by atoms with Gasteiger partial charge in [0.1, 0.15) is 5.69 Å². The van der Waals surface area contributed by atoms with E-state index in [4.69, 9.17) is 0 Å². The zero-order valence-corrected chi connectivity index (χ0v) is 12.1. The summed E-state index contributed by atoms with van der Waals surface area (Å²) in [5.74, 6) is 0.0185. The summed E-state index contributed by atoms with van der Waals surface area (Å²) in [4.78, 5) is 24.8. The second kappa shape index (κ2) is 5.74. The van der Waals surface area contributed by atoms with E-state index in [1.807, 2.05) is 39.0 Å². The van der Waals surface area contributed by atoms with Crippen molar-refractivity contribution >= 4 is 11.9 Å². The van der Waals surface area contributed by atoms with E-state index >= 15 is 0 Å². The number of aromatic nitrogens is 3. The molecule has 4 nitrogen and oxygen atoms in total. The Morgan fingerprint density at radius 3 is 2.50 bits per heavy atom. The Kier molecular flexibility index (Phi) is 4.03. The summed E-state index contributed by atoms with van der Waals surface area (Å²) in [5.41, 5.74) is 4.53. The van der Waals surface area contributed by atoms with Crippen molar-refractivity contribution in [3.05, 3.63) is 47.1 Å². The molecule has 0 unspecified atom stereocenters. The van der Waals surface area contributed by atoms with Crippen LogP contribution in [0, 0.1) is 13.8 Å². The van der Waals surface area contributed by atoms with Crippen LogP contribution in [-0.4, -0.2) is 20.7 Å². The van der Waals surface area contributed by atoms with Gasteiger partial charge in [0.15, 0.2) is 5.78 Å². The molecule has 0 amide bonds. The maximum absolute atomic E-state index is 11.8. The third-order valence-electron chi connectivity index (χ3n) is 2.95. The average Bonchev–Trinajstić information content (AvgIpc) is 2.38. The summed E-state index contributed by atoms with van der Waals surface area (Å²) in [5, 5.41) is 0. The van der Waals surface area contributed by atoms with Gasteiger partial charge in [0, 0.05) is 17.5 Å². The first kappa shape index (κ1) is 14.1. The highest BCUT2D eigenvalue weighted by Crippen LogP contribution is 2.22. The zero-order chi connectivity index (χ0) is 14.7. The molecule has 2 rings (SSSR count). The van der Waals surface area contributed by atoms with Crippen molar-refractivity contribution < 1.29 is 4.79 Å². The summed E-state index contributed by atoms with van der Waals surface area (Å²) >= 11 is 0. The molecule has 102 valence electrons. The van der Waals surface area contributed by atoms with E-state index in [0.717, 1.165) is 17.0 Å². The van der Waals surface area contributed by atoms with Crippen molar-refractivity contribution in [2.45, 2.75) is 27.7 Å². The standard InChI is InChI=1S/C16H17N3O/c1-5-6-13-7-14(15-9-17-8-10(2)18-15)19-11(3)16(13)12(4)20/h5-9H,1-4H3/b6-5-. The first-order valence-corrected chi connectivity index (χ1v) is 6.47. The number of hydrogen-bond acceptors (Lipinski definition) is 4. The van der Waals surface area contributed by atoms with E-state index in [0.29, 0.717) is 17.0 Å². The van der Waals surface area contributed by atoms with Gasteiger partial charge in [-0.1, -0.05) is 12.2 Å². The fourth-order valence-electron chi connectivity index (χ4n) is 2.18. The number of allylic oxidation sites excluding steroid dienone is 1. The SMILES string of the molecule is C/C=C\c1cc(-c2cncc(C)n2)nc(C)c1C(C)=O. The quantitative estimate of drug-likeness (QED) is 0.800. The minimum absolute atomic E-state index is 0.0185. The van der Waals surface area contributed by atoms with E-state index in [9.17, 15) is 4.79 Å². The zero-order valence-electron chi connectivity index (χ0n) is 12.1. The molecule has 0 saturated heterocycles. The molecule has 0 atom stereocenters. The Morgan fingerprint density at radius 1 is 1.15 bits per heavy atom. The molecule has 0 N–H and O–H groups in total. The second-order valence-corrected chi connectivity index (χ2v) is 4.66. The summed E-state index contributed by atoms with van der Waals surface area (Å²) < 4.78 is 0. The number of hydrogen-bond donors (Lipinski definition) is 0. The number of ketones is 1. The predicted octanol–water partition coefficient (Wildman–Crippen LogP) is 3.39. The monoisotopic (exact) mass is 267 g/mol. The lowest BCUT2D eigenvalue weighted by Crippen LogP contribution is -2.04. The number of carbonyl (C=O) groups excluding carboxylic acids is 1. The smallest absolute Gasteiger partial charge is 0.162 e. The first-order valence-electron chi connectivity index (χ1n) is 6.47. The van der Waals surface area contributed by atoms with Gasteiger partial charge in [-0.15, -0.1) is 0 Å². The van der Waals surface area contributed by atoms with E-state index < -0.39 is 0 Å². The van der Waals surface area contributed by atoms with E-state index in [1.54, 1.807) is 19.3 Å². The van der Waals surface area contributed by atoms with Crippen molar-refractivity contribution in [3.63, 3.8) is 0 Å². The van der Waals surface area contributed by atoms with Crippen molar-refractivity contribution in [1.29, 1.82) is 0 Å². The highest BCUT2D eigenvalue weighted by molar-refractivity contribution is 5.99. The van der Waals surface area contributed by atoms with Crippen molar-refractivity contribution in [2.75, 3.05) is 0 Å². The van der Waals surface area contributed by atoms with Crippen LogP contribution in [0.2, 0.25) is 0 Å². The van der Waals surface area contributed by atoms with Crippen LogP contribution in [0.25, 0.3) is 17.5 Å². The number of carbonyl (C=O) groups is 1. The number of Topliss-reactive ketones (excluding diaryl/α,β-unsaturated/α-hetero) is 1. The highest BCUT2D eigenvalue weighted by Gasteiger charge is 2.13. The van der Waals surface area contributed by atoms with Gasteiger partial charge in [-0.3, -0.25) is 14.8 Å². The molecular weight excluding hydrogens is 250 g/mol. The van der Waals surface area contributed by atoms with Gasteiger partial charge < -0.3 is 0 Å². The van der Waals surface area contributed by atoms with Gasteiger partial charge in [-0.2, -0.15) is 0 Å². The minimum Gasteiger partial charge on any atom is -0.294 e. The Hall–Kier alpha value is -2.36. The molecule has 0 aliphatic carbocycles. The summed E-state index contributed by atoms with van der Waals surface area (Å²) in [6.07, 6.45) is 7.21. The van der Waals surface area contributed by atoms with Crippen molar-refractivity contribution in [2.24, 2.45) is 0 Å². The molecule has 0 saturated carbocycles. The summed E-state index contributed by atoms with van der Waals surface area (Å²) in [7, 11) is 0. The minimum atomic E-state index is 0.0185. The summed E-state index contributed by atoms with van der Waals surface area (Å²) in [6, 6.07) is 1.88. The molecule has 2 aromatic rings. The third kappa shape index (κ3) is 2.79. The topological polar surface area (TPSA) is 55.7 Å². The van der Waals surface area contributed by atoms with Gasteiger partial charge in [0.05, 0.1) is 17.6 Å². The van der Waals surface area contributed by atoms with Crippen LogP contribution in [0.1, 0.15) is 41.2 Å². The van der Waals surface area contributed by atoms with Gasteiger partial charge in [-0.25, -0.2) is 4.98 Å². The van der Waals surface area contributed by atoms with Crippen LogP contribution < -0.4 is 0 Å². The summed E-state index contributed by atoms with van der Waals surface area (Å²) in [6.45, 7) is 7.21. The Bertz CT molecular complexity index is 690. The Labute approximate surface area is 118 Å². The third-order valence-corrected chi connectivity index (χ3v) is 2.95. The molecule has 0 aliphatic heterocycles. The molecule has 0 fully saturated rings. The Morgan fingerprint density at radius 2 is 1.90 bits per heavy atom. The first-order chi connectivity index (χ1) is 9.52. The molecule has 4 heteroatoms. The van der Waals surface area contributed by atoms with Crippen LogP contribution in [0.4, 0.5) is 0 Å². The maximum atomic E-state index is 11.8. The Balaban J connectivity index is 2.65. The van der Waals surface area contributed by atoms with Crippen molar-refractivity contribution in [3.8, 4) is 11.4 Å². The van der Waals surface area contributed by atoms with E-state index in [2.05, 4.69) is 15.0 Å². The van der Waals surface area contributed by atoms with Crippen LogP contribution in [0.15, 0.2) is 24.5 Å². The molecule has 0 aliphatic rings. The number of pyridine rings is 1. The van der Waals surface area contributed by atoms with Crippen LogP contribution in [0.5, 0.6) is 0 Å². The lowest BCUT2D eigenvalue weighted by Gasteiger charge is -2.09. The number of nitrogens with zero attached hydrogens (tertiary/aromatic N) is 3. The van der Waals surface area contributed by atoms with E-state index in [1.165, 1.54) is 0 Å². The highest BCUT2D eigenvalue weighted by atomic mass is 16.1. The maximum Gasteiger partial charge on any atom is 0.162 e. The number of rotatable bonds is 3. The molecule has 0 aromatic carbocycles. The van der Waals surface area contributed by atoms with E-state index in [-0.39, 0.29) is 5.78 Å². The molecular formula is C16H17N3O. The number of aryl methyl sites for hydroxylation is 2. The van der Waals surface area contributed by atoms with Crippen LogP contribution in [-0.2, 0) is 0 Å². The normalized spacial score (nSPS) is 11.0. The van der Waals surface area contributed by atoms with Crippen molar-refractivity contribution in [1.82, 2.24) is 15.0 Å². The fourth-order valence-corrected chi connectivity index (χ4v) is 2.18. The van der Waals surface area contributed by atoms with Gasteiger partial charge >= 0.3 is 0 Å². The van der Waals surface area contributed by atoms with Gasteiger partial charge in [0.2, 0.25) is 0 Å².